The maximum absolute atomic E-state index is 13.0. The zero-order valence-corrected chi connectivity index (χ0v) is 18.5. The normalized spacial score (nSPS) is 23.0. The number of anilines is 1. The van der Waals surface area contributed by atoms with Gasteiger partial charge in [0.2, 0.25) is 0 Å². The van der Waals surface area contributed by atoms with Crippen molar-refractivity contribution in [3.8, 4) is 0 Å². The van der Waals surface area contributed by atoms with Crippen LogP contribution in [0, 0.1) is 5.41 Å². The molecule has 2 atom stereocenters. The molecule has 10 heteroatoms. The van der Waals surface area contributed by atoms with Gasteiger partial charge in [-0.15, -0.1) is 0 Å². The molecule has 0 bridgehead atoms. The number of nitrogen functional groups attached to an aromatic ring is 1. The summed E-state index contributed by atoms with van der Waals surface area (Å²) in [5.41, 5.74) is 3.26. The van der Waals surface area contributed by atoms with Crippen molar-refractivity contribution in [1.82, 2.24) is 15.1 Å². The Labute approximate surface area is 180 Å². The Balaban J connectivity index is 2.07. The lowest BCUT2D eigenvalue weighted by atomic mass is 9.71. The van der Waals surface area contributed by atoms with Crippen LogP contribution in [0.15, 0.2) is 18.2 Å². The highest BCUT2D eigenvalue weighted by Gasteiger charge is 2.50. The second-order valence-corrected chi connectivity index (χ2v) is 9.36. The minimum Gasteiger partial charge on any atom is -0.465 e. The van der Waals surface area contributed by atoms with E-state index in [1.807, 2.05) is 34.6 Å². The van der Waals surface area contributed by atoms with Crippen LogP contribution in [0.25, 0.3) is 0 Å². The summed E-state index contributed by atoms with van der Waals surface area (Å²) < 4.78 is 38.9. The number of hydrogen-bond acceptors (Lipinski definition) is 4. The number of benzene rings is 1. The quantitative estimate of drug-likeness (QED) is 0.618. The van der Waals surface area contributed by atoms with Crippen LogP contribution in [-0.4, -0.2) is 64.7 Å². The van der Waals surface area contributed by atoms with E-state index in [-0.39, 0.29) is 29.3 Å². The first kappa shape index (κ1) is 24.8. The Morgan fingerprint density at radius 2 is 1.87 bits per heavy atom. The molecule has 1 heterocycles. The van der Waals surface area contributed by atoms with Gasteiger partial charge in [0.1, 0.15) is 0 Å². The molecule has 0 radical (unpaired) electrons. The molecule has 1 fully saturated rings. The molecule has 174 valence electrons. The van der Waals surface area contributed by atoms with Gasteiger partial charge in [-0.05, 0) is 37.5 Å². The Hall–Kier alpha value is -2.49. The van der Waals surface area contributed by atoms with Gasteiger partial charge in [0.25, 0.3) is 5.91 Å². The number of amides is 2. The molecule has 1 aromatic carbocycles. The molecule has 1 aliphatic heterocycles. The summed E-state index contributed by atoms with van der Waals surface area (Å²) in [6, 6.07) is 2.51. The third-order valence-electron chi connectivity index (χ3n) is 6.11. The molecule has 0 spiro atoms. The number of carboxylic acid groups (broad SMARTS) is 1. The van der Waals surface area contributed by atoms with Crippen LogP contribution in [0.4, 0.5) is 23.7 Å². The van der Waals surface area contributed by atoms with Crippen molar-refractivity contribution in [1.29, 1.82) is 0 Å². The predicted octanol–water partition coefficient (Wildman–Crippen LogP) is 3.51. The van der Waals surface area contributed by atoms with Crippen molar-refractivity contribution in [2.24, 2.45) is 5.41 Å². The summed E-state index contributed by atoms with van der Waals surface area (Å²) in [7, 11) is 0. The van der Waals surface area contributed by atoms with Crippen molar-refractivity contribution < 1.29 is 27.9 Å². The van der Waals surface area contributed by atoms with Gasteiger partial charge < -0.3 is 16.2 Å². The van der Waals surface area contributed by atoms with Crippen molar-refractivity contribution >= 4 is 17.7 Å². The first-order valence-electron chi connectivity index (χ1n) is 10.1. The molecule has 7 nitrogen and oxygen atoms in total. The van der Waals surface area contributed by atoms with Crippen molar-refractivity contribution in [2.75, 3.05) is 31.9 Å². The van der Waals surface area contributed by atoms with E-state index in [1.165, 1.54) is 11.0 Å². The van der Waals surface area contributed by atoms with Crippen LogP contribution < -0.4 is 11.1 Å². The summed E-state index contributed by atoms with van der Waals surface area (Å²) in [5.74, 6) is -0.645. The number of hydrogen-bond donors (Lipinski definition) is 3. The molecule has 2 rings (SSSR count). The van der Waals surface area contributed by atoms with E-state index < -0.39 is 29.3 Å². The Morgan fingerprint density at radius 3 is 2.39 bits per heavy atom. The van der Waals surface area contributed by atoms with Crippen LogP contribution in [0.3, 0.4) is 0 Å². The molecule has 31 heavy (non-hydrogen) atoms. The lowest BCUT2D eigenvalue weighted by Crippen LogP contribution is -2.70. The van der Waals surface area contributed by atoms with Gasteiger partial charge in [0, 0.05) is 43.5 Å². The number of carbonyl (C=O) groups excluding carboxylic acids is 1. The third kappa shape index (κ3) is 5.41. The lowest BCUT2D eigenvalue weighted by molar-refractivity contribution is -0.137. The SMILES string of the molecule is C[C@@H]1CN(CCNC(=O)c2cc(N)cc(C(F)(F)F)c2)C[C@](C)(C(C)(C)C)N1C(=O)O. The second-order valence-electron chi connectivity index (χ2n) is 9.36. The first-order valence-corrected chi connectivity index (χ1v) is 10.1. The van der Waals surface area contributed by atoms with Crippen LogP contribution in [0.5, 0.6) is 0 Å². The largest absolute Gasteiger partial charge is 0.465 e. The minimum absolute atomic E-state index is 0.139. The van der Waals surface area contributed by atoms with E-state index in [0.29, 0.717) is 19.6 Å². The van der Waals surface area contributed by atoms with Crippen LogP contribution in [0.1, 0.15) is 50.5 Å². The molecule has 0 aliphatic carbocycles. The van der Waals surface area contributed by atoms with Crippen molar-refractivity contribution in [3.05, 3.63) is 29.3 Å². The molecule has 4 N–H and O–H groups in total. The van der Waals surface area contributed by atoms with Gasteiger partial charge in [-0.2, -0.15) is 13.2 Å². The molecule has 2 amide bonds. The van der Waals surface area contributed by atoms with Crippen LogP contribution >= 0.6 is 0 Å². The standard InChI is InChI=1S/C21H31F3N4O3/c1-13-11-27(12-20(5,19(2,3)4)28(13)18(30)31)7-6-26-17(29)14-8-15(21(22,23)24)10-16(25)9-14/h8-10,13H,6-7,11-12,25H2,1-5H3,(H,26,29)(H,30,31)/t13-,20-/m1/s1. The number of piperazine rings is 1. The zero-order chi connectivity index (χ0) is 23.8. The van der Waals surface area contributed by atoms with Gasteiger partial charge in [0.05, 0.1) is 11.1 Å². The van der Waals surface area contributed by atoms with Crippen LogP contribution in [-0.2, 0) is 6.18 Å². The van der Waals surface area contributed by atoms with E-state index in [1.54, 1.807) is 0 Å². The fraction of sp³-hybridized carbons (Fsp3) is 0.619. The maximum Gasteiger partial charge on any atom is 0.416 e. The first-order chi connectivity index (χ1) is 14.1. The van der Waals surface area contributed by atoms with Crippen molar-refractivity contribution in [3.63, 3.8) is 0 Å². The number of rotatable bonds is 4. The van der Waals surface area contributed by atoms with Crippen molar-refractivity contribution in [2.45, 2.75) is 52.4 Å². The van der Waals surface area contributed by atoms with Gasteiger partial charge in [-0.1, -0.05) is 20.8 Å². The van der Waals surface area contributed by atoms with E-state index in [0.717, 1.165) is 12.1 Å². The number of alkyl halides is 3. The number of carbonyl (C=O) groups is 2. The zero-order valence-electron chi connectivity index (χ0n) is 18.5. The molecule has 1 saturated heterocycles. The summed E-state index contributed by atoms with van der Waals surface area (Å²) in [6.45, 7) is 11.3. The molecule has 0 aromatic heterocycles. The van der Waals surface area contributed by atoms with Crippen LogP contribution in [0.2, 0.25) is 0 Å². The summed E-state index contributed by atoms with van der Waals surface area (Å²) in [5, 5.41) is 12.4. The highest BCUT2D eigenvalue weighted by Crippen LogP contribution is 2.40. The topological polar surface area (TPSA) is 98.9 Å². The second kappa shape index (κ2) is 8.57. The van der Waals surface area contributed by atoms with Gasteiger partial charge in [-0.3, -0.25) is 14.6 Å². The van der Waals surface area contributed by atoms with E-state index in [4.69, 9.17) is 5.73 Å². The predicted molar refractivity (Wildman–Crippen MR) is 112 cm³/mol. The summed E-state index contributed by atoms with van der Waals surface area (Å²) >= 11 is 0. The minimum atomic E-state index is -4.60. The molecule has 1 aliphatic rings. The highest BCUT2D eigenvalue weighted by atomic mass is 19.4. The van der Waals surface area contributed by atoms with E-state index >= 15 is 0 Å². The monoisotopic (exact) mass is 444 g/mol. The number of nitrogens with two attached hydrogens (primary N) is 1. The maximum atomic E-state index is 13.0. The lowest BCUT2D eigenvalue weighted by Gasteiger charge is -2.57. The summed E-state index contributed by atoms with van der Waals surface area (Å²) in [6.07, 6.45) is -5.57. The Bertz CT molecular complexity index is 838. The Kier molecular flexibility index (Phi) is 6.85. The number of nitrogens with zero attached hydrogens (tertiary/aromatic N) is 2. The molecular weight excluding hydrogens is 413 g/mol. The van der Waals surface area contributed by atoms with E-state index in [9.17, 15) is 27.9 Å². The Morgan fingerprint density at radius 1 is 1.26 bits per heavy atom. The smallest absolute Gasteiger partial charge is 0.416 e. The number of halogens is 3. The third-order valence-corrected chi connectivity index (χ3v) is 6.11. The van der Waals surface area contributed by atoms with Gasteiger partial charge in [-0.25, -0.2) is 4.79 Å². The van der Waals surface area contributed by atoms with Gasteiger partial charge in [0.15, 0.2) is 0 Å². The van der Waals surface area contributed by atoms with E-state index in [2.05, 4.69) is 10.2 Å². The molecule has 1 aromatic rings. The number of nitrogens with one attached hydrogen (secondary N) is 1. The average Bonchev–Trinajstić information content (AvgIpc) is 2.58. The highest BCUT2D eigenvalue weighted by molar-refractivity contribution is 5.95. The fourth-order valence-electron chi connectivity index (χ4n) is 4.06. The fourth-order valence-corrected chi connectivity index (χ4v) is 4.06. The molecule has 0 unspecified atom stereocenters. The van der Waals surface area contributed by atoms with Gasteiger partial charge >= 0.3 is 12.3 Å². The summed E-state index contributed by atoms with van der Waals surface area (Å²) in [4.78, 5) is 27.8. The average molecular weight is 444 g/mol. The molecular formula is C21H31F3N4O3. The molecule has 0 saturated carbocycles.